The minimum absolute atomic E-state index is 0.0622. The predicted octanol–water partition coefficient (Wildman–Crippen LogP) is 3.65. The van der Waals surface area contributed by atoms with Crippen molar-refractivity contribution in [3.8, 4) is 5.75 Å². The lowest BCUT2D eigenvalue weighted by molar-refractivity contribution is 0.0945. The fourth-order valence-corrected chi connectivity index (χ4v) is 2.57. The molecule has 0 fully saturated rings. The van der Waals surface area contributed by atoms with E-state index in [0.29, 0.717) is 12.1 Å². The third-order valence-corrected chi connectivity index (χ3v) is 3.97. The maximum absolute atomic E-state index is 13.0. The molecule has 4 heteroatoms. The lowest BCUT2D eigenvalue weighted by Gasteiger charge is -2.30. The molecule has 0 aliphatic rings. The highest BCUT2D eigenvalue weighted by Crippen LogP contribution is 2.25. The summed E-state index contributed by atoms with van der Waals surface area (Å²) in [6.07, 6.45) is -0.680. The summed E-state index contributed by atoms with van der Waals surface area (Å²) >= 11 is 0. The van der Waals surface area contributed by atoms with E-state index >= 15 is 0 Å². The van der Waals surface area contributed by atoms with Crippen LogP contribution in [0, 0.1) is 5.82 Å². The zero-order chi connectivity index (χ0) is 16.1. The van der Waals surface area contributed by atoms with Crippen LogP contribution in [0.1, 0.15) is 37.1 Å². The number of hydrogen-bond acceptors (Lipinski definition) is 3. The van der Waals surface area contributed by atoms with Crippen LogP contribution in [0.15, 0.2) is 48.5 Å². The van der Waals surface area contributed by atoms with E-state index in [1.54, 1.807) is 24.3 Å². The number of benzene rings is 2. The van der Waals surface area contributed by atoms with Gasteiger partial charge in [-0.1, -0.05) is 31.2 Å². The highest BCUT2D eigenvalue weighted by molar-refractivity contribution is 5.29. The van der Waals surface area contributed by atoms with Gasteiger partial charge in [-0.15, -0.1) is 0 Å². The molecule has 0 heterocycles. The Kier molecular flexibility index (Phi) is 5.52. The fraction of sp³-hybridized carbons (Fsp3) is 0.333. The molecule has 0 aliphatic carbocycles. The molecular weight excluding hydrogens is 281 g/mol. The van der Waals surface area contributed by atoms with Crippen LogP contribution in [0.5, 0.6) is 5.75 Å². The van der Waals surface area contributed by atoms with Crippen molar-refractivity contribution in [3.05, 3.63) is 65.5 Å². The van der Waals surface area contributed by atoms with Crippen molar-refractivity contribution in [1.29, 1.82) is 0 Å². The van der Waals surface area contributed by atoms with Crippen molar-refractivity contribution in [2.24, 2.45) is 0 Å². The Morgan fingerprint density at radius 3 is 2.36 bits per heavy atom. The second-order valence-electron chi connectivity index (χ2n) is 5.43. The van der Waals surface area contributed by atoms with Crippen molar-refractivity contribution in [1.82, 2.24) is 4.90 Å². The van der Waals surface area contributed by atoms with E-state index in [0.717, 1.165) is 12.1 Å². The maximum Gasteiger partial charge on any atom is 0.123 e. The van der Waals surface area contributed by atoms with E-state index in [1.165, 1.54) is 12.1 Å². The monoisotopic (exact) mass is 303 g/mol. The molecule has 2 atom stereocenters. The summed E-state index contributed by atoms with van der Waals surface area (Å²) in [7, 11) is 0. The first kappa shape index (κ1) is 16.5. The van der Waals surface area contributed by atoms with Crippen LogP contribution in [0.25, 0.3) is 0 Å². The van der Waals surface area contributed by atoms with Gasteiger partial charge in [-0.3, -0.25) is 4.90 Å². The summed E-state index contributed by atoms with van der Waals surface area (Å²) in [5.74, 6) is -0.0732. The number of phenolic OH excluding ortho intramolecular Hbond substituents is 1. The van der Waals surface area contributed by atoms with Crippen LogP contribution in [-0.4, -0.2) is 28.2 Å². The van der Waals surface area contributed by atoms with Gasteiger partial charge in [0.25, 0.3) is 0 Å². The third kappa shape index (κ3) is 4.06. The first-order chi connectivity index (χ1) is 10.5. The highest BCUT2D eigenvalue weighted by Gasteiger charge is 2.19. The molecule has 0 radical (unpaired) electrons. The first-order valence-corrected chi connectivity index (χ1v) is 7.47. The molecule has 118 valence electrons. The van der Waals surface area contributed by atoms with E-state index in [2.05, 4.69) is 4.90 Å². The molecule has 0 aliphatic heterocycles. The molecule has 0 aromatic heterocycles. The Balaban J connectivity index is 2.09. The number of aromatic hydroxyl groups is 1. The summed E-state index contributed by atoms with van der Waals surface area (Å²) in [5, 5.41) is 19.9. The Morgan fingerprint density at radius 2 is 1.77 bits per heavy atom. The Labute approximate surface area is 130 Å². The average Bonchev–Trinajstić information content (AvgIpc) is 2.52. The van der Waals surface area contributed by atoms with Gasteiger partial charge >= 0.3 is 0 Å². The lowest BCUT2D eigenvalue weighted by atomic mass is 10.0. The zero-order valence-corrected chi connectivity index (χ0v) is 12.9. The van der Waals surface area contributed by atoms with Crippen molar-refractivity contribution in [2.45, 2.75) is 26.0 Å². The zero-order valence-electron chi connectivity index (χ0n) is 12.9. The molecule has 2 N–H and O–H groups in total. The summed E-state index contributed by atoms with van der Waals surface area (Å²) < 4.78 is 13.0. The molecule has 2 aromatic rings. The molecule has 0 spiro atoms. The topological polar surface area (TPSA) is 43.7 Å². The lowest BCUT2D eigenvalue weighted by Crippen LogP contribution is -2.31. The smallest absolute Gasteiger partial charge is 0.123 e. The summed E-state index contributed by atoms with van der Waals surface area (Å²) in [6, 6.07) is 13.1. The first-order valence-electron chi connectivity index (χ1n) is 7.47. The molecule has 2 unspecified atom stereocenters. The molecule has 0 amide bonds. The van der Waals surface area contributed by atoms with E-state index in [1.807, 2.05) is 26.0 Å². The second kappa shape index (κ2) is 7.38. The van der Waals surface area contributed by atoms with Crippen molar-refractivity contribution >= 4 is 0 Å². The van der Waals surface area contributed by atoms with E-state index in [9.17, 15) is 14.6 Å². The number of aliphatic hydroxyl groups is 1. The van der Waals surface area contributed by atoms with Gasteiger partial charge in [-0.2, -0.15) is 0 Å². The number of halogens is 1. The van der Waals surface area contributed by atoms with Crippen LogP contribution in [0.2, 0.25) is 0 Å². The van der Waals surface area contributed by atoms with Gasteiger partial charge in [0.05, 0.1) is 6.10 Å². The SMILES string of the molecule is CCN(CC(O)c1ccc(F)cc1)C(C)c1cccc(O)c1. The normalized spacial score (nSPS) is 14.0. The minimum Gasteiger partial charge on any atom is -0.508 e. The van der Waals surface area contributed by atoms with Gasteiger partial charge in [0, 0.05) is 12.6 Å². The summed E-state index contributed by atoms with van der Waals surface area (Å²) in [5.41, 5.74) is 1.69. The number of phenols is 1. The average molecular weight is 303 g/mol. The highest BCUT2D eigenvalue weighted by atomic mass is 19.1. The number of likely N-dealkylation sites (N-methyl/N-ethyl adjacent to an activating group) is 1. The quantitative estimate of drug-likeness (QED) is 0.856. The third-order valence-electron chi connectivity index (χ3n) is 3.97. The molecule has 2 aromatic carbocycles. The largest absolute Gasteiger partial charge is 0.508 e. The Morgan fingerprint density at radius 1 is 1.09 bits per heavy atom. The van der Waals surface area contributed by atoms with Crippen LogP contribution < -0.4 is 0 Å². The van der Waals surface area contributed by atoms with Crippen LogP contribution in [0.4, 0.5) is 4.39 Å². The standard InChI is InChI=1S/C18H22FNO2/c1-3-20(13(2)15-5-4-6-17(21)11-15)12-18(22)14-7-9-16(19)10-8-14/h4-11,13,18,21-22H,3,12H2,1-2H3. The van der Waals surface area contributed by atoms with Gasteiger partial charge in [-0.25, -0.2) is 4.39 Å². The molecular formula is C18H22FNO2. The summed E-state index contributed by atoms with van der Waals surface area (Å²) in [6.45, 7) is 5.26. The molecule has 0 bridgehead atoms. The number of aliphatic hydroxyl groups excluding tert-OH is 1. The van der Waals surface area contributed by atoms with Crippen molar-refractivity contribution in [3.63, 3.8) is 0 Å². The van der Waals surface area contributed by atoms with E-state index < -0.39 is 6.10 Å². The molecule has 3 nitrogen and oxygen atoms in total. The molecule has 2 rings (SSSR count). The number of rotatable bonds is 6. The number of nitrogens with zero attached hydrogens (tertiary/aromatic N) is 1. The molecule has 0 saturated heterocycles. The van der Waals surface area contributed by atoms with Gasteiger partial charge in [-0.05, 0) is 48.9 Å². The van der Waals surface area contributed by atoms with Crippen LogP contribution in [-0.2, 0) is 0 Å². The predicted molar refractivity (Wildman–Crippen MR) is 85.1 cm³/mol. The Bertz CT molecular complexity index is 600. The van der Waals surface area contributed by atoms with Crippen LogP contribution in [0.3, 0.4) is 0 Å². The maximum atomic E-state index is 13.0. The van der Waals surface area contributed by atoms with Crippen molar-refractivity contribution in [2.75, 3.05) is 13.1 Å². The molecule has 22 heavy (non-hydrogen) atoms. The van der Waals surface area contributed by atoms with E-state index in [4.69, 9.17) is 0 Å². The van der Waals surface area contributed by atoms with Gasteiger partial charge in [0.15, 0.2) is 0 Å². The van der Waals surface area contributed by atoms with E-state index in [-0.39, 0.29) is 17.6 Å². The second-order valence-corrected chi connectivity index (χ2v) is 5.43. The number of hydrogen-bond donors (Lipinski definition) is 2. The molecule has 0 saturated carbocycles. The minimum atomic E-state index is -0.680. The van der Waals surface area contributed by atoms with Gasteiger partial charge in [0.1, 0.15) is 11.6 Å². The summed E-state index contributed by atoms with van der Waals surface area (Å²) in [4.78, 5) is 2.11. The Hall–Kier alpha value is -1.91. The van der Waals surface area contributed by atoms with Gasteiger partial charge in [0.2, 0.25) is 0 Å². The van der Waals surface area contributed by atoms with Crippen molar-refractivity contribution < 1.29 is 14.6 Å². The van der Waals surface area contributed by atoms with Crippen LogP contribution >= 0.6 is 0 Å². The van der Waals surface area contributed by atoms with Gasteiger partial charge < -0.3 is 10.2 Å². The fourth-order valence-electron chi connectivity index (χ4n) is 2.57.